The van der Waals surface area contributed by atoms with E-state index in [0.717, 1.165) is 57.1 Å². The van der Waals surface area contributed by atoms with E-state index in [4.69, 9.17) is 9.47 Å². The third-order valence-corrected chi connectivity index (χ3v) is 6.63. The molecular formula is C21H35N3O4S. The first-order valence-electron chi connectivity index (χ1n) is 10.3. The van der Waals surface area contributed by atoms with E-state index in [0.29, 0.717) is 19.1 Å². The highest BCUT2D eigenvalue weighted by Crippen LogP contribution is 2.14. The van der Waals surface area contributed by atoms with Crippen LogP contribution in [0.15, 0.2) is 35.3 Å². The second-order valence-corrected chi connectivity index (χ2v) is 9.49. The van der Waals surface area contributed by atoms with E-state index in [2.05, 4.69) is 15.2 Å². The number of nitrogens with zero attached hydrogens (tertiary/aromatic N) is 2. The number of hydrogen-bond acceptors (Lipinski definition) is 5. The van der Waals surface area contributed by atoms with Crippen LogP contribution in [0.2, 0.25) is 0 Å². The zero-order valence-corrected chi connectivity index (χ0v) is 18.5. The van der Waals surface area contributed by atoms with E-state index in [9.17, 15) is 8.42 Å². The molecule has 1 aliphatic rings. The van der Waals surface area contributed by atoms with Crippen molar-refractivity contribution in [1.82, 2.24) is 10.2 Å². The Labute approximate surface area is 175 Å². The number of nitrogens with one attached hydrogen (secondary N) is 1. The molecule has 7 nitrogen and oxygen atoms in total. The molecule has 1 aliphatic heterocycles. The molecular weight excluding hydrogens is 390 g/mol. The average Bonchev–Trinajstić information content (AvgIpc) is 2.72. The van der Waals surface area contributed by atoms with Gasteiger partial charge in [-0.05, 0) is 31.2 Å². The molecule has 0 aromatic heterocycles. The molecule has 1 N–H and O–H groups in total. The summed E-state index contributed by atoms with van der Waals surface area (Å²) in [5, 5.41) is 3.30. The largest absolute Gasteiger partial charge is 0.385 e. The van der Waals surface area contributed by atoms with Crippen LogP contribution in [-0.2, 0) is 25.1 Å². The number of sulfone groups is 1. The molecule has 0 radical (unpaired) electrons. The lowest BCUT2D eigenvalue weighted by Gasteiger charge is -2.34. The van der Waals surface area contributed by atoms with Crippen LogP contribution in [-0.4, -0.2) is 78.1 Å². The van der Waals surface area contributed by atoms with E-state index in [-0.39, 0.29) is 11.5 Å². The van der Waals surface area contributed by atoms with Gasteiger partial charge in [0.15, 0.2) is 15.8 Å². The van der Waals surface area contributed by atoms with Crippen LogP contribution in [0.4, 0.5) is 0 Å². The van der Waals surface area contributed by atoms with Gasteiger partial charge in [-0.25, -0.2) is 8.42 Å². The molecule has 0 bridgehead atoms. The summed E-state index contributed by atoms with van der Waals surface area (Å²) in [6.07, 6.45) is 3.72. The van der Waals surface area contributed by atoms with Crippen molar-refractivity contribution in [3.8, 4) is 0 Å². The van der Waals surface area contributed by atoms with Crippen molar-refractivity contribution in [2.75, 3.05) is 52.8 Å². The van der Waals surface area contributed by atoms with E-state index >= 15 is 0 Å². The molecule has 0 saturated carbocycles. The first-order chi connectivity index (χ1) is 14.0. The van der Waals surface area contributed by atoms with Crippen molar-refractivity contribution in [2.24, 2.45) is 4.99 Å². The summed E-state index contributed by atoms with van der Waals surface area (Å²) in [5.41, 5.74) is 0.837. The van der Waals surface area contributed by atoms with Gasteiger partial charge in [0.05, 0.1) is 17.6 Å². The summed E-state index contributed by atoms with van der Waals surface area (Å²) in [6, 6.07) is 9.32. The Hall–Kier alpha value is -1.64. The second kappa shape index (κ2) is 12.8. The average molecular weight is 426 g/mol. The van der Waals surface area contributed by atoms with Crippen molar-refractivity contribution in [1.29, 1.82) is 0 Å². The SMILES string of the molecule is CN=C(NCCCS(=O)(=O)Cc1ccccc1)N1CCC(OCCCOC)CC1. The number of ether oxygens (including phenoxy) is 2. The molecule has 164 valence electrons. The van der Waals surface area contributed by atoms with Crippen LogP contribution in [0.25, 0.3) is 0 Å². The molecule has 8 heteroatoms. The third kappa shape index (κ3) is 9.14. The fourth-order valence-corrected chi connectivity index (χ4v) is 4.84. The van der Waals surface area contributed by atoms with Crippen molar-refractivity contribution >= 4 is 15.8 Å². The van der Waals surface area contributed by atoms with Crippen LogP contribution >= 0.6 is 0 Å². The predicted octanol–water partition coefficient (Wildman–Crippen LogP) is 2.08. The van der Waals surface area contributed by atoms with Crippen LogP contribution in [0.3, 0.4) is 0 Å². The van der Waals surface area contributed by atoms with Crippen LogP contribution < -0.4 is 5.32 Å². The highest BCUT2D eigenvalue weighted by atomic mass is 32.2. The number of likely N-dealkylation sites (tertiary alicyclic amines) is 1. The minimum atomic E-state index is -3.10. The smallest absolute Gasteiger partial charge is 0.193 e. The maximum absolute atomic E-state index is 12.3. The van der Waals surface area contributed by atoms with Gasteiger partial charge in [0, 0.05) is 47.0 Å². The van der Waals surface area contributed by atoms with Gasteiger partial charge in [-0.15, -0.1) is 0 Å². The van der Waals surface area contributed by atoms with E-state index in [1.54, 1.807) is 14.2 Å². The number of methoxy groups -OCH3 is 1. The monoisotopic (exact) mass is 425 g/mol. The first kappa shape index (κ1) is 23.6. The molecule has 0 amide bonds. The Bertz CT molecular complexity index is 702. The fraction of sp³-hybridized carbons (Fsp3) is 0.667. The standard InChI is InChI=1S/C21H35N3O4S/c1-22-21(24-13-10-20(11-14-24)28-16-7-15-27-2)23-12-6-17-29(25,26)18-19-8-4-3-5-9-19/h3-5,8-9,20H,6-7,10-18H2,1-2H3,(H,22,23). The first-order valence-corrected chi connectivity index (χ1v) is 12.2. The summed E-state index contributed by atoms with van der Waals surface area (Å²) in [5.74, 6) is 1.10. The minimum absolute atomic E-state index is 0.0977. The maximum atomic E-state index is 12.3. The quantitative estimate of drug-likeness (QED) is 0.332. The zero-order valence-electron chi connectivity index (χ0n) is 17.7. The molecule has 1 heterocycles. The molecule has 29 heavy (non-hydrogen) atoms. The van der Waals surface area contributed by atoms with Gasteiger partial charge >= 0.3 is 0 Å². The Balaban J connectivity index is 1.65. The van der Waals surface area contributed by atoms with Gasteiger partial charge in [-0.3, -0.25) is 4.99 Å². The Morgan fingerprint density at radius 2 is 1.90 bits per heavy atom. The molecule has 0 spiro atoms. The molecule has 1 saturated heterocycles. The Kier molecular flexibility index (Phi) is 10.5. The van der Waals surface area contributed by atoms with Crippen LogP contribution in [0.1, 0.15) is 31.2 Å². The second-order valence-electron chi connectivity index (χ2n) is 7.31. The highest BCUT2D eigenvalue weighted by molar-refractivity contribution is 7.90. The van der Waals surface area contributed by atoms with Crippen molar-refractivity contribution in [3.05, 3.63) is 35.9 Å². The Morgan fingerprint density at radius 1 is 1.17 bits per heavy atom. The number of rotatable bonds is 11. The van der Waals surface area contributed by atoms with E-state index in [1.807, 2.05) is 30.3 Å². The fourth-order valence-electron chi connectivity index (χ4n) is 3.41. The summed E-state index contributed by atoms with van der Waals surface area (Å²) >= 11 is 0. The molecule has 1 aromatic carbocycles. The maximum Gasteiger partial charge on any atom is 0.193 e. The van der Waals surface area contributed by atoms with Crippen LogP contribution in [0, 0.1) is 0 Å². The predicted molar refractivity (Wildman–Crippen MR) is 117 cm³/mol. The highest BCUT2D eigenvalue weighted by Gasteiger charge is 2.21. The van der Waals surface area contributed by atoms with Gasteiger partial charge in [0.1, 0.15) is 0 Å². The van der Waals surface area contributed by atoms with Crippen molar-refractivity contribution in [2.45, 2.75) is 37.5 Å². The summed E-state index contributed by atoms with van der Waals surface area (Å²) < 4.78 is 35.5. The molecule has 0 aliphatic carbocycles. The van der Waals surface area contributed by atoms with Gasteiger partial charge in [0.25, 0.3) is 0 Å². The topological polar surface area (TPSA) is 80.2 Å². The minimum Gasteiger partial charge on any atom is -0.385 e. The molecule has 2 rings (SSSR count). The number of piperidine rings is 1. The lowest BCUT2D eigenvalue weighted by Crippen LogP contribution is -2.47. The van der Waals surface area contributed by atoms with Gasteiger partial charge < -0.3 is 19.7 Å². The summed E-state index contributed by atoms with van der Waals surface area (Å²) in [4.78, 5) is 6.57. The van der Waals surface area contributed by atoms with Gasteiger partial charge in [-0.1, -0.05) is 30.3 Å². The number of benzene rings is 1. The lowest BCUT2D eigenvalue weighted by molar-refractivity contribution is 0.00991. The number of guanidine groups is 1. The lowest BCUT2D eigenvalue weighted by atomic mass is 10.1. The normalized spacial score (nSPS) is 16.2. The summed E-state index contributed by atoms with van der Waals surface area (Å²) in [7, 11) is 0.366. The molecule has 0 atom stereocenters. The number of aliphatic imine (C=N–C) groups is 1. The van der Waals surface area contributed by atoms with Crippen molar-refractivity contribution in [3.63, 3.8) is 0 Å². The third-order valence-electron chi connectivity index (χ3n) is 4.94. The van der Waals surface area contributed by atoms with Crippen LogP contribution in [0.5, 0.6) is 0 Å². The van der Waals surface area contributed by atoms with E-state index in [1.165, 1.54) is 0 Å². The number of hydrogen-bond donors (Lipinski definition) is 1. The molecule has 1 fully saturated rings. The van der Waals surface area contributed by atoms with Gasteiger partial charge in [-0.2, -0.15) is 0 Å². The van der Waals surface area contributed by atoms with Gasteiger partial charge in [0.2, 0.25) is 0 Å². The van der Waals surface area contributed by atoms with Crippen molar-refractivity contribution < 1.29 is 17.9 Å². The zero-order chi connectivity index (χ0) is 21.0. The van der Waals surface area contributed by atoms with E-state index < -0.39 is 9.84 Å². The molecule has 1 aromatic rings. The molecule has 0 unspecified atom stereocenters. The Morgan fingerprint density at radius 3 is 2.55 bits per heavy atom. The summed E-state index contributed by atoms with van der Waals surface area (Å²) in [6.45, 7) is 3.84.